The number of imide groups is 1. The summed E-state index contributed by atoms with van der Waals surface area (Å²) in [7, 11) is 0. The van der Waals surface area contributed by atoms with Crippen LogP contribution in [0.1, 0.15) is 38.7 Å². The highest BCUT2D eigenvalue weighted by Crippen LogP contribution is 2.27. The number of carbonyl (C=O) groups is 2. The Morgan fingerprint density at radius 2 is 1.76 bits per heavy atom. The lowest BCUT2D eigenvalue weighted by atomic mass is 10.0. The van der Waals surface area contributed by atoms with Gasteiger partial charge in [-0.15, -0.1) is 0 Å². The number of hydrogen-bond acceptors (Lipinski definition) is 2. The van der Waals surface area contributed by atoms with Crippen LogP contribution in [0.25, 0.3) is 0 Å². The number of amides is 2. The van der Waals surface area contributed by atoms with Crippen molar-refractivity contribution in [2.45, 2.75) is 33.1 Å². The van der Waals surface area contributed by atoms with E-state index in [9.17, 15) is 9.59 Å². The molecule has 0 aliphatic carbocycles. The van der Waals surface area contributed by atoms with Crippen molar-refractivity contribution in [1.82, 2.24) is 0 Å². The first-order valence-electron chi connectivity index (χ1n) is 5.97. The molecule has 0 N–H and O–H groups in total. The Bertz CT molecular complexity index is 448. The van der Waals surface area contributed by atoms with Gasteiger partial charge in [-0.3, -0.25) is 14.5 Å². The van der Waals surface area contributed by atoms with Crippen molar-refractivity contribution in [3.63, 3.8) is 0 Å². The molecule has 1 aromatic rings. The standard InChI is InChI=1S/C14H17NO2/c1-9(2)11-4-6-12(7-5-11)15-13(16)8-10(3)14(15)17/h4-7,9-10H,8H2,1-3H3. The molecule has 0 spiro atoms. The molecular formula is C14H17NO2. The monoisotopic (exact) mass is 231 g/mol. The molecule has 2 rings (SSSR count). The predicted octanol–water partition coefficient (Wildman–Crippen LogP) is 2.71. The highest BCUT2D eigenvalue weighted by Gasteiger charge is 2.36. The molecule has 2 amide bonds. The molecule has 90 valence electrons. The molecule has 1 fully saturated rings. The van der Waals surface area contributed by atoms with Crippen molar-refractivity contribution in [3.8, 4) is 0 Å². The molecule has 1 atom stereocenters. The Balaban J connectivity index is 2.29. The zero-order valence-corrected chi connectivity index (χ0v) is 10.4. The summed E-state index contributed by atoms with van der Waals surface area (Å²) in [5.41, 5.74) is 1.90. The summed E-state index contributed by atoms with van der Waals surface area (Å²) in [6, 6.07) is 7.65. The first-order chi connectivity index (χ1) is 8.00. The SMILES string of the molecule is CC1CC(=O)N(c2ccc(C(C)C)cc2)C1=O. The number of nitrogens with zero attached hydrogens (tertiary/aromatic N) is 1. The average Bonchev–Trinajstić information content (AvgIpc) is 2.53. The third-order valence-electron chi connectivity index (χ3n) is 3.19. The second-order valence-electron chi connectivity index (χ2n) is 4.92. The molecule has 1 aromatic carbocycles. The van der Waals surface area contributed by atoms with E-state index in [2.05, 4.69) is 13.8 Å². The smallest absolute Gasteiger partial charge is 0.237 e. The van der Waals surface area contributed by atoms with Crippen LogP contribution in [0.2, 0.25) is 0 Å². The van der Waals surface area contributed by atoms with Gasteiger partial charge in [0, 0.05) is 12.3 Å². The molecule has 17 heavy (non-hydrogen) atoms. The lowest BCUT2D eigenvalue weighted by Crippen LogP contribution is -2.29. The lowest BCUT2D eigenvalue weighted by molar-refractivity contribution is -0.122. The van der Waals surface area contributed by atoms with Crippen LogP contribution in [-0.4, -0.2) is 11.8 Å². The maximum Gasteiger partial charge on any atom is 0.237 e. The predicted molar refractivity (Wildman–Crippen MR) is 66.8 cm³/mol. The van der Waals surface area contributed by atoms with Crippen LogP contribution in [0.15, 0.2) is 24.3 Å². The van der Waals surface area contributed by atoms with Gasteiger partial charge in [-0.25, -0.2) is 0 Å². The summed E-state index contributed by atoms with van der Waals surface area (Å²) in [6.07, 6.45) is 0.324. The van der Waals surface area contributed by atoms with Crippen LogP contribution in [0.3, 0.4) is 0 Å². The largest absolute Gasteiger partial charge is 0.274 e. The van der Waals surface area contributed by atoms with E-state index >= 15 is 0 Å². The first kappa shape index (κ1) is 11.8. The molecule has 0 bridgehead atoms. The number of rotatable bonds is 2. The van der Waals surface area contributed by atoms with Gasteiger partial charge in [0.1, 0.15) is 0 Å². The van der Waals surface area contributed by atoms with Gasteiger partial charge >= 0.3 is 0 Å². The normalized spacial score (nSPS) is 20.5. The molecule has 1 unspecified atom stereocenters. The van der Waals surface area contributed by atoms with Crippen molar-refractivity contribution in [1.29, 1.82) is 0 Å². The summed E-state index contributed by atoms with van der Waals surface area (Å²) >= 11 is 0. The van der Waals surface area contributed by atoms with Crippen molar-refractivity contribution >= 4 is 17.5 Å². The van der Waals surface area contributed by atoms with E-state index in [1.165, 1.54) is 10.5 Å². The average molecular weight is 231 g/mol. The Morgan fingerprint density at radius 1 is 1.18 bits per heavy atom. The fourth-order valence-electron chi connectivity index (χ4n) is 2.06. The summed E-state index contributed by atoms with van der Waals surface area (Å²) in [6.45, 7) is 6.02. The fourth-order valence-corrected chi connectivity index (χ4v) is 2.06. The molecule has 3 heteroatoms. The minimum Gasteiger partial charge on any atom is -0.274 e. The molecule has 0 radical (unpaired) electrons. The van der Waals surface area contributed by atoms with E-state index in [4.69, 9.17) is 0 Å². The van der Waals surface area contributed by atoms with Gasteiger partial charge in [0.15, 0.2) is 0 Å². The molecule has 1 saturated heterocycles. The van der Waals surface area contributed by atoms with Crippen molar-refractivity contribution in [2.75, 3.05) is 4.90 Å². The Morgan fingerprint density at radius 3 is 2.18 bits per heavy atom. The van der Waals surface area contributed by atoms with Gasteiger partial charge in [-0.1, -0.05) is 32.9 Å². The van der Waals surface area contributed by atoms with E-state index in [0.29, 0.717) is 18.0 Å². The molecule has 0 aromatic heterocycles. The third kappa shape index (κ3) is 2.09. The van der Waals surface area contributed by atoms with Crippen molar-refractivity contribution in [2.24, 2.45) is 5.92 Å². The maximum absolute atomic E-state index is 11.8. The zero-order chi connectivity index (χ0) is 12.6. The van der Waals surface area contributed by atoms with Gasteiger partial charge in [0.25, 0.3) is 0 Å². The van der Waals surface area contributed by atoms with Crippen LogP contribution in [0.5, 0.6) is 0 Å². The highest BCUT2D eigenvalue weighted by atomic mass is 16.2. The minimum atomic E-state index is -0.188. The number of carbonyl (C=O) groups excluding carboxylic acids is 2. The van der Waals surface area contributed by atoms with Gasteiger partial charge in [-0.05, 0) is 23.6 Å². The summed E-state index contributed by atoms with van der Waals surface area (Å²) in [5, 5.41) is 0. The molecule has 0 saturated carbocycles. The van der Waals surface area contributed by atoms with Gasteiger partial charge in [0.05, 0.1) is 5.69 Å². The van der Waals surface area contributed by atoms with Crippen LogP contribution < -0.4 is 4.90 Å². The summed E-state index contributed by atoms with van der Waals surface area (Å²) in [5.74, 6) is 0.0762. The molecule has 1 aliphatic rings. The summed E-state index contributed by atoms with van der Waals surface area (Å²) < 4.78 is 0. The van der Waals surface area contributed by atoms with Crippen LogP contribution in [-0.2, 0) is 9.59 Å². The zero-order valence-electron chi connectivity index (χ0n) is 10.4. The molecule has 1 heterocycles. The topological polar surface area (TPSA) is 37.4 Å². The number of benzene rings is 1. The van der Waals surface area contributed by atoms with E-state index in [0.717, 1.165) is 0 Å². The lowest BCUT2D eigenvalue weighted by Gasteiger charge is -2.15. The van der Waals surface area contributed by atoms with Gasteiger partial charge in [-0.2, -0.15) is 0 Å². The minimum absolute atomic E-state index is 0.0905. The molecule has 3 nitrogen and oxygen atoms in total. The maximum atomic E-state index is 11.8. The number of anilines is 1. The fraction of sp³-hybridized carbons (Fsp3) is 0.429. The van der Waals surface area contributed by atoms with Crippen LogP contribution >= 0.6 is 0 Å². The van der Waals surface area contributed by atoms with E-state index in [1.807, 2.05) is 24.3 Å². The molecule has 1 aliphatic heterocycles. The Labute approximate surface area is 101 Å². The Kier molecular flexibility index (Phi) is 3.01. The second kappa shape index (κ2) is 4.32. The van der Waals surface area contributed by atoms with E-state index in [1.54, 1.807) is 6.92 Å². The number of hydrogen-bond donors (Lipinski definition) is 0. The summed E-state index contributed by atoms with van der Waals surface area (Å²) in [4.78, 5) is 24.9. The second-order valence-corrected chi connectivity index (χ2v) is 4.92. The van der Waals surface area contributed by atoms with Gasteiger partial charge in [0.2, 0.25) is 11.8 Å². The van der Waals surface area contributed by atoms with E-state index in [-0.39, 0.29) is 17.7 Å². The van der Waals surface area contributed by atoms with Crippen molar-refractivity contribution in [3.05, 3.63) is 29.8 Å². The Hall–Kier alpha value is -1.64. The third-order valence-corrected chi connectivity index (χ3v) is 3.19. The quantitative estimate of drug-likeness (QED) is 0.734. The first-order valence-corrected chi connectivity index (χ1v) is 5.97. The van der Waals surface area contributed by atoms with Crippen LogP contribution in [0, 0.1) is 5.92 Å². The van der Waals surface area contributed by atoms with E-state index < -0.39 is 0 Å². The van der Waals surface area contributed by atoms with Crippen LogP contribution in [0.4, 0.5) is 5.69 Å². The van der Waals surface area contributed by atoms with Crippen molar-refractivity contribution < 1.29 is 9.59 Å². The highest BCUT2D eigenvalue weighted by molar-refractivity contribution is 6.20. The van der Waals surface area contributed by atoms with Gasteiger partial charge < -0.3 is 0 Å². The molecular weight excluding hydrogens is 214 g/mol.